The molecule has 0 bridgehead atoms. The highest BCUT2D eigenvalue weighted by atomic mass is 79.9. The van der Waals surface area contributed by atoms with Crippen molar-refractivity contribution in [3.63, 3.8) is 0 Å². The van der Waals surface area contributed by atoms with E-state index < -0.39 is 0 Å². The third-order valence-electron chi connectivity index (χ3n) is 2.46. The highest BCUT2D eigenvalue weighted by Crippen LogP contribution is 2.27. The summed E-state index contributed by atoms with van der Waals surface area (Å²) in [5.41, 5.74) is 0.905. The molecular weight excluding hydrogens is 338 g/mol. The fraction of sp³-hybridized carbons (Fsp3) is 0. The van der Waals surface area contributed by atoms with Crippen LogP contribution < -0.4 is 10.1 Å². The minimum absolute atomic E-state index is 0.730. The summed E-state index contributed by atoms with van der Waals surface area (Å²) in [6.07, 6.45) is 0. The lowest BCUT2D eigenvalue weighted by molar-refractivity contribution is 0.483. The predicted molar refractivity (Wildman–Crippen MR) is 83.8 cm³/mol. The summed E-state index contributed by atoms with van der Waals surface area (Å²) in [6.45, 7) is 0. The van der Waals surface area contributed by atoms with Gasteiger partial charge in [0.2, 0.25) is 5.13 Å². The van der Waals surface area contributed by atoms with Crippen LogP contribution in [0.5, 0.6) is 11.5 Å². The van der Waals surface area contributed by atoms with Crippen LogP contribution in [-0.4, -0.2) is 10.2 Å². The second-order valence-corrected chi connectivity index (χ2v) is 6.18. The smallest absolute Gasteiger partial charge is 0.210 e. The molecule has 4 nitrogen and oxygen atoms in total. The number of nitrogens with one attached hydrogen (secondary N) is 1. The minimum Gasteiger partial charge on any atom is -0.457 e. The van der Waals surface area contributed by atoms with Gasteiger partial charge >= 0.3 is 0 Å². The Kier molecular flexibility index (Phi) is 3.94. The van der Waals surface area contributed by atoms with E-state index in [0.29, 0.717) is 0 Å². The maximum Gasteiger partial charge on any atom is 0.210 e. The van der Waals surface area contributed by atoms with Crippen molar-refractivity contribution >= 4 is 38.1 Å². The Labute approximate surface area is 128 Å². The van der Waals surface area contributed by atoms with E-state index in [1.54, 1.807) is 0 Å². The third-order valence-corrected chi connectivity index (χ3v) is 3.74. The van der Waals surface area contributed by atoms with Crippen LogP contribution in [0.2, 0.25) is 0 Å². The molecule has 0 amide bonds. The Bertz CT molecular complexity index is 702. The van der Waals surface area contributed by atoms with Crippen LogP contribution in [-0.2, 0) is 0 Å². The quantitative estimate of drug-likeness (QED) is 0.733. The number of hydrogen-bond donors (Lipinski definition) is 1. The van der Waals surface area contributed by atoms with Gasteiger partial charge < -0.3 is 10.1 Å². The third kappa shape index (κ3) is 3.34. The molecule has 0 atom stereocenters. The maximum atomic E-state index is 5.78. The Hall–Kier alpha value is -1.92. The van der Waals surface area contributed by atoms with Gasteiger partial charge in [-0.25, -0.2) is 0 Å². The SMILES string of the molecule is Brc1nnc(Nc2cccc(Oc3ccccc3)c2)s1. The summed E-state index contributed by atoms with van der Waals surface area (Å²) in [5, 5.41) is 11.8. The van der Waals surface area contributed by atoms with Crippen LogP contribution in [0.3, 0.4) is 0 Å². The number of benzene rings is 2. The zero-order chi connectivity index (χ0) is 13.8. The lowest BCUT2D eigenvalue weighted by Crippen LogP contribution is -1.90. The average Bonchev–Trinajstić information content (AvgIpc) is 2.86. The van der Waals surface area contributed by atoms with E-state index in [4.69, 9.17) is 4.74 Å². The number of anilines is 2. The first-order valence-corrected chi connectivity index (χ1v) is 7.49. The van der Waals surface area contributed by atoms with Crippen molar-refractivity contribution in [3.8, 4) is 11.5 Å². The molecule has 0 saturated carbocycles. The summed E-state index contributed by atoms with van der Waals surface area (Å²) in [7, 11) is 0. The van der Waals surface area contributed by atoms with Gasteiger partial charge in [-0.05, 0) is 40.2 Å². The van der Waals surface area contributed by atoms with Gasteiger partial charge in [0.15, 0.2) is 3.92 Å². The first-order chi connectivity index (χ1) is 9.79. The number of halogens is 1. The largest absolute Gasteiger partial charge is 0.457 e. The molecule has 0 unspecified atom stereocenters. The number of para-hydroxylation sites is 1. The molecule has 0 spiro atoms. The van der Waals surface area contributed by atoms with Crippen molar-refractivity contribution in [2.75, 3.05) is 5.32 Å². The van der Waals surface area contributed by atoms with E-state index in [1.807, 2.05) is 54.6 Å². The monoisotopic (exact) mass is 347 g/mol. The molecule has 3 rings (SSSR count). The molecule has 2 aromatic carbocycles. The fourth-order valence-corrected chi connectivity index (χ4v) is 2.67. The highest BCUT2D eigenvalue weighted by Gasteiger charge is 2.03. The van der Waals surface area contributed by atoms with Gasteiger partial charge in [0.25, 0.3) is 0 Å². The molecule has 0 aliphatic rings. The molecule has 0 saturated heterocycles. The summed E-state index contributed by atoms with van der Waals surface area (Å²) in [4.78, 5) is 0. The molecule has 1 aromatic heterocycles. The van der Waals surface area contributed by atoms with E-state index in [1.165, 1.54) is 11.3 Å². The van der Waals surface area contributed by atoms with Gasteiger partial charge in [-0.15, -0.1) is 10.2 Å². The minimum atomic E-state index is 0.730. The Morgan fingerprint density at radius 2 is 1.75 bits per heavy atom. The van der Waals surface area contributed by atoms with Gasteiger partial charge in [0, 0.05) is 11.8 Å². The van der Waals surface area contributed by atoms with Crippen molar-refractivity contribution in [3.05, 3.63) is 58.5 Å². The van der Waals surface area contributed by atoms with Crippen molar-refractivity contribution in [1.29, 1.82) is 0 Å². The first kappa shape index (κ1) is 13.1. The second-order valence-electron chi connectivity index (χ2n) is 3.93. The molecule has 0 fully saturated rings. The molecule has 1 heterocycles. The standard InChI is InChI=1S/C14H10BrN3OS/c15-13-17-18-14(20-13)16-10-5-4-8-12(9-10)19-11-6-2-1-3-7-11/h1-9H,(H,16,18). The van der Waals surface area contributed by atoms with Gasteiger partial charge in [-0.2, -0.15) is 0 Å². The van der Waals surface area contributed by atoms with Crippen LogP contribution in [0.1, 0.15) is 0 Å². The number of hydrogen-bond acceptors (Lipinski definition) is 5. The van der Waals surface area contributed by atoms with Crippen molar-refractivity contribution in [1.82, 2.24) is 10.2 Å². The van der Waals surface area contributed by atoms with Gasteiger partial charge in [-0.1, -0.05) is 35.6 Å². The summed E-state index contributed by atoms with van der Waals surface area (Å²) in [5.74, 6) is 1.58. The summed E-state index contributed by atoms with van der Waals surface area (Å²) >= 11 is 4.72. The molecule has 0 radical (unpaired) electrons. The topological polar surface area (TPSA) is 47.0 Å². The number of aromatic nitrogens is 2. The summed E-state index contributed by atoms with van der Waals surface area (Å²) in [6, 6.07) is 17.4. The highest BCUT2D eigenvalue weighted by molar-refractivity contribution is 9.11. The Morgan fingerprint density at radius 3 is 2.50 bits per heavy atom. The molecule has 100 valence electrons. The molecular formula is C14H10BrN3OS. The number of rotatable bonds is 4. The van der Waals surface area contributed by atoms with Crippen LogP contribution in [0.25, 0.3) is 0 Å². The van der Waals surface area contributed by atoms with Crippen LogP contribution in [0.4, 0.5) is 10.8 Å². The maximum absolute atomic E-state index is 5.78. The molecule has 3 aromatic rings. The van der Waals surface area contributed by atoms with E-state index in [2.05, 4.69) is 31.4 Å². The van der Waals surface area contributed by atoms with Crippen molar-refractivity contribution in [2.24, 2.45) is 0 Å². The van der Waals surface area contributed by atoms with E-state index >= 15 is 0 Å². The predicted octanol–water partition coefficient (Wildman–Crippen LogP) is 4.84. The fourth-order valence-electron chi connectivity index (χ4n) is 1.64. The van der Waals surface area contributed by atoms with E-state index in [0.717, 1.165) is 26.2 Å². The van der Waals surface area contributed by atoms with Crippen molar-refractivity contribution < 1.29 is 4.74 Å². The Balaban J connectivity index is 1.76. The lowest BCUT2D eigenvalue weighted by atomic mass is 10.3. The Morgan fingerprint density at radius 1 is 0.950 bits per heavy atom. The van der Waals surface area contributed by atoms with Crippen LogP contribution >= 0.6 is 27.3 Å². The van der Waals surface area contributed by atoms with Crippen LogP contribution in [0, 0.1) is 0 Å². The number of ether oxygens (including phenoxy) is 1. The normalized spacial score (nSPS) is 10.2. The zero-order valence-electron chi connectivity index (χ0n) is 10.3. The average molecular weight is 348 g/mol. The van der Waals surface area contributed by atoms with E-state index in [-0.39, 0.29) is 0 Å². The van der Waals surface area contributed by atoms with Crippen LogP contribution in [0.15, 0.2) is 58.5 Å². The second kappa shape index (κ2) is 6.02. The molecule has 0 aliphatic heterocycles. The van der Waals surface area contributed by atoms with Gasteiger partial charge in [0.1, 0.15) is 11.5 Å². The van der Waals surface area contributed by atoms with E-state index in [9.17, 15) is 0 Å². The summed E-state index contributed by atoms with van der Waals surface area (Å²) < 4.78 is 6.53. The van der Waals surface area contributed by atoms with Gasteiger partial charge in [0.05, 0.1) is 0 Å². The zero-order valence-corrected chi connectivity index (χ0v) is 12.7. The number of nitrogens with zero attached hydrogens (tertiary/aromatic N) is 2. The van der Waals surface area contributed by atoms with Gasteiger partial charge in [-0.3, -0.25) is 0 Å². The van der Waals surface area contributed by atoms with Crippen molar-refractivity contribution in [2.45, 2.75) is 0 Å². The molecule has 20 heavy (non-hydrogen) atoms. The molecule has 6 heteroatoms. The molecule has 0 aliphatic carbocycles. The lowest BCUT2D eigenvalue weighted by Gasteiger charge is -2.07. The molecule has 1 N–H and O–H groups in total. The first-order valence-electron chi connectivity index (χ1n) is 5.88.